The lowest BCUT2D eigenvalue weighted by molar-refractivity contribution is -0.119. The van der Waals surface area contributed by atoms with Crippen LogP contribution in [0.4, 0.5) is 5.00 Å². The summed E-state index contributed by atoms with van der Waals surface area (Å²) < 4.78 is 14.9. The van der Waals surface area contributed by atoms with Gasteiger partial charge in [-0.15, -0.1) is 22.7 Å². The van der Waals surface area contributed by atoms with Crippen molar-refractivity contribution in [3.63, 3.8) is 0 Å². The summed E-state index contributed by atoms with van der Waals surface area (Å²) in [7, 11) is 1.53. The average molecular weight is 412 g/mol. The molecule has 10 heteroatoms. The fourth-order valence-corrected chi connectivity index (χ4v) is 3.77. The van der Waals surface area contributed by atoms with Gasteiger partial charge in [0.1, 0.15) is 10.0 Å². The smallest absolute Gasteiger partial charge is 0.358 e. The Morgan fingerprint density at radius 1 is 1.19 bits per heavy atom. The third-order valence-corrected chi connectivity index (χ3v) is 5.26. The number of hydrogen-bond acceptors (Lipinski definition) is 9. The number of methoxy groups -OCH3 is 1. The summed E-state index contributed by atoms with van der Waals surface area (Å²) in [5.74, 6) is -1.76. The normalized spacial score (nSPS) is 10.5. The molecule has 0 aliphatic carbocycles. The zero-order valence-corrected chi connectivity index (χ0v) is 16.8. The summed E-state index contributed by atoms with van der Waals surface area (Å²) >= 11 is 2.55. The molecule has 2 rings (SSSR count). The molecule has 2 heterocycles. The van der Waals surface area contributed by atoms with Gasteiger partial charge in [-0.3, -0.25) is 4.79 Å². The third-order valence-electron chi connectivity index (χ3n) is 3.24. The number of carbonyl (C=O) groups is 3. The van der Waals surface area contributed by atoms with E-state index in [9.17, 15) is 14.4 Å². The predicted octanol–water partition coefficient (Wildman–Crippen LogP) is 2.89. The van der Waals surface area contributed by atoms with Crippen molar-refractivity contribution >= 4 is 45.5 Å². The molecule has 1 N–H and O–H groups in total. The maximum Gasteiger partial charge on any atom is 0.358 e. The van der Waals surface area contributed by atoms with E-state index < -0.39 is 24.5 Å². The minimum Gasteiger partial charge on any atom is -0.462 e. The molecule has 0 atom stereocenters. The number of aromatic nitrogens is 1. The van der Waals surface area contributed by atoms with Crippen LogP contribution in [-0.4, -0.2) is 43.2 Å². The Morgan fingerprint density at radius 2 is 1.96 bits per heavy atom. The molecule has 0 radical (unpaired) electrons. The summed E-state index contributed by atoms with van der Waals surface area (Å²) in [6.07, 6.45) is 0.718. The second-order valence-electron chi connectivity index (χ2n) is 5.21. The molecule has 0 unspecified atom stereocenters. The highest BCUT2D eigenvalue weighted by Crippen LogP contribution is 2.29. The van der Waals surface area contributed by atoms with E-state index in [2.05, 4.69) is 10.3 Å². The van der Waals surface area contributed by atoms with E-state index in [-0.39, 0.29) is 12.3 Å². The third kappa shape index (κ3) is 5.84. The lowest BCUT2D eigenvalue weighted by Crippen LogP contribution is -2.21. The van der Waals surface area contributed by atoms with E-state index in [4.69, 9.17) is 14.2 Å². The Kier molecular flexibility index (Phi) is 7.89. The summed E-state index contributed by atoms with van der Waals surface area (Å²) in [5.41, 5.74) is 0.415. The Hall–Kier alpha value is -2.30. The zero-order valence-electron chi connectivity index (χ0n) is 15.2. The Labute approximate surface area is 164 Å². The fourth-order valence-electron chi connectivity index (χ4n) is 2.03. The maximum absolute atomic E-state index is 12.1. The number of rotatable bonds is 9. The molecule has 146 valence electrons. The van der Waals surface area contributed by atoms with Crippen molar-refractivity contribution in [2.45, 2.75) is 26.9 Å². The molecule has 0 saturated carbocycles. The molecule has 8 nitrogen and oxygen atoms in total. The first-order valence-corrected chi connectivity index (χ1v) is 9.88. The Morgan fingerprint density at radius 3 is 2.63 bits per heavy atom. The topological polar surface area (TPSA) is 104 Å². The van der Waals surface area contributed by atoms with Crippen molar-refractivity contribution in [2.24, 2.45) is 0 Å². The fraction of sp³-hybridized carbons (Fsp3) is 0.412. The van der Waals surface area contributed by atoms with Gasteiger partial charge in [-0.05, 0) is 19.4 Å². The highest BCUT2D eigenvalue weighted by atomic mass is 32.1. The molecule has 2 aromatic rings. The van der Waals surface area contributed by atoms with Crippen molar-refractivity contribution in [3.05, 3.63) is 32.6 Å². The number of carbonyl (C=O) groups excluding carboxylic acids is 3. The highest BCUT2D eigenvalue weighted by Gasteiger charge is 2.20. The number of esters is 2. The van der Waals surface area contributed by atoms with E-state index in [0.29, 0.717) is 22.2 Å². The number of anilines is 1. The molecule has 27 heavy (non-hydrogen) atoms. The van der Waals surface area contributed by atoms with Gasteiger partial charge < -0.3 is 19.5 Å². The van der Waals surface area contributed by atoms with Gasteiger partial charge in [-0.1, -0.05) is 6.92 Å². The molecule has 0 aliphatic heterocycles. The van der Waals surface area contributed by atoms with Crippen LogP contribution in [-0.2, 0) is 32.0 Å². The summed E-state index contributed by atoms with van der Waals surface area (Å²) in [4.78, 5) is 41.1. The zero-order chi connectivity index (χ0) is 19.8. The number of ether oxygens (including phenoxy) is 3. The molecule has 2 aromatic heterocycles. The number of nitrogens with one attached hydrogen (secondary N) is 1. The second-order valence-corrected chi connectivity index (χ2v) is 7.29. The molecule has 0 aliphatic rings. The molecular weight excluding hydrogens is 392 g/mol. The van der Waals surface area contributed by atoms with Gasteiger partial charge in [-0.25, -0.2) is 14.6 Å². The number of aryl methyl sites for hydroxylation is 1. The van der Waals surface area contributed by atoms with Gasteiger partial charge >= 0.3 is 11.9 Å². The molecule has 1 amide bonds. The monoisotopic (exact) mass is 412 g/mol. The first-order valence-electron chi connectivity index (χ1n) is 8.18. The predicted molar refractivity (Wildman–Crippen MR) is 101 cm³/mol. The maximum atomic E-state index is 12.1. The van der Waals surface area contributed by atoms with Crippen LogP contribution in [0, 0.1) is 0 Å². The molecule has 0 aromatic carbocycles. The largest absolute Gasteiger partial charge is 0.462 e. The van der Waals surface area contributed by atoms with Crippen LogP contribution in [0.25, 0.3) is 0 Å². The second kappa shape index (κ2) is 10.1. The first kappa shape index (κ1) is 21.0. The van der Waals surface area contributed by atoms with Crippen molar-refractivity contribution in [3.8, 4) is 0 Å². The number of thiazole rings is 1. The van der Waals surface area contributed by atoms with Crippen LogP contribution < -0.4 is 5.32 Å². The van der Waals surface area contributed by atoms with E-state index in [0.717, 1.165) is 11.3 Å². The van der Waals surface area contributed by atoms with E-state index in [1.54, 1.807) is 18.4 Å². The number of hydrogen-bond donors (Lipinski definition) is 1. The summed E-state index contributed by atoms with van der Waals surface area (Å²) in [6.45, 7) is 3.70. The summed E-state index contributed by atoms with van der Waals surface area (Å²) in [6, 6.07) is 1.69. The van der Waals surface area contributed by atoms with Crippen molar-refractivity contribution in [2.75, 3.05) is 25.6 Å². The number of nitrogens with zero attached hydrogens (tertiary/aromatic N) is 1. The van der Waals surface area contributed by atoms with E-state index in [1.165, 1.54) is 29.8 Å². The minimum absolute atomic E-state index is 0.122. The van der Waals surface area contributed by atoms with Crippen LogP contribution in [0.15, 0.2) is 11.4 Å². The van der Waals surface area contributed by atoms with Gasteiger partial charge in [0.05, 0.1) is 18.8 Å². The standard InChI is InChI=1S/C17H20N2O6S2/c1-4-10-6-11(16(21)24-5-2)15(27-10)19-13(20)7-25-17(22)12-9-26-14(18-12)8-23-3/h6,9H,4-5,7-8H2,1-3H3,(H,19,20). The lowest BCUT2D eigenvalue weighted by Gasteiger charge is -2.06. The SMILES string of the molecule is CCOC(=O)c1cc(CC)sc1NC(=O)COC(=O)c1csc(COC)n1. The van der Waals surface area contributed by atoms with Gasteiger partial charge in [0.25, 0.3) is 5.91 Å². The van der Waals surface area contributed by atoms with Crippen LogP contribution in [0.3, 0.4) is 0 Å². The summed E-state index contributed by atoms with van der Waals surface area (Å²) in [5, 5.41) is 5.16. The molecule has 0 fully saturated rings. The first-order chi connectivity index (χ1) is 13.0. The highest BCUT2D eigenvalue weighted by molar-refractivity contribution is 7.16. The van der Waals surface area contributed by atoms with Crippen molar-refractivity contribution in [1.82, 2.24) is 4.98 Å². The minimum atomic E-state index is -0.699. The van der Waals surface area contributed by atoms with E-state index >= 15 is 0 Å². The molecule has 0 saturated heterocycles. The van der Waals surface area contributed by atoms with Gasteiger partial charge in [0, 0.05) is 17.4 Å². The Balaban J connectivity index is 1.95. The average Bonchev–Trinajstić information content (AvgIpc) is 3.27. The molecular formula is C17H20N2O6S2. The number of amides is 1. The van der Waals surface area contributed by atoms with Gasteiger partial charge in [-0.2, -0.15) is 0 Å². The van der Waals surface area contributed by atoms with Crippen molar-refractivity contribution in [1.29, 1.82) is 0 Å². The lowest BCUT2D eigenvalue weighted by atomic mass is 10.2. The number of thiophene rings is 1. The van der Waals surface area contributed by atoms with Crippen LogP contribution in [0.1, 0.15) is 44.6 Å². The van der Waals surface area contributed by atoms with Crippen LogP contribution in [0.2, 0.25) is 0 Å². The van der Waals surface area contributed by atoms with Crippen LogP contribution >= 0.6 is 22.7 Å². The Bertz CT molecular complexity index is 814. The van der Waals surface area contributed by atoms with Gasteiger partial charge in [0.2, 0.25) is 0 Å². The van der Waals surface area contributed by atoms with Crippen LogP contribution in [0.5, 0.6) is 0 Å². The molecule has 0 spiro atoms. The van der Waals surface area contributed by atoms with Gasteiger partial charge in [0.15, 0.2) is 12.3 Å². The van der Waals surface area contributed by atoms with E-state index in [1.807, 2.05) is 6.92 Å². The quantitative estimate of drug-likeness (QED) is 0.632. The molecule has 0 bridgehead atoms. The van der Waals surface area contributed by atoms with Crippen molar-refractivity contribution < 1.29 is 28.6 Å².